The molecule has 74 valence electrons. The van der Waals surface area contributed by atoms with E-state index in [4.69, 9.17) is 4.74 Å². The smallest absolute Gasteiger partial charge is 0.143 e. The summed E-state index contributed by atoms with van der Waals surface area (Å²) in [5.74, 6) is 1.07. The molecular weight excluding hydrogens is 174 g/mol. The first-order chi connectivity index (χ1) is 6.83. The summed E-state index contributed by atoms with van der Waals surface area (Å²) in [4.78, 5) is 2.42. The van der Waals surface area contributed by atoms with Crippen LogP contribution < -0.4 is 9.64 Å². The molecule has 0 saturated heterocycles. The standard InChI is InChI=1S/C12H15NO/c1-2-13-9-12(7-8-12)14-11-6-4-3-5-10(11)13/h3-6H,2,7-9H2,1H3. The highest BCUT2D eigenvalue weighted by atomic mass is 16.5. The lowest BCUT2D eigenvalue weighted by Crippen LogP contribution is -2.41. The first-order valence-corrected chi connectivity index (χ1v) is 5.36. The maximum atomic E-state index is 6.02. The minimum Gasteiger partial charge on any atom is -0.483 e. The van der Waals surface area contributed by atoms with Crippen molar-refractivity contribution in [2.24, 2.45) is 0 Å². The van der Waals surface area contributed by atoms with Gasteiger partial charge in [0.25, 0.3) is 0 Å². The summed E-state index contributed by atoms with van der Waals surface area (Å²) in [6.45, 7) is 4.35. The van der Waals surface area contributed by atoms with Gasteiger partial charge in [-0.1, -0.05) is 12.1 Å². The highest BCUT2D eigenvalue weighted by molar-refractivity contribution is 5.61. The predicted octanol–water partition coefficient (Wildman–Crippen LogP) is 2.44. The number of ether oxygens (including phenoxy) is 1. The van der Waals surface area contributed by atoms with Crippen LogP contribution in [0.1, 0.15) is 19.8 Å². The van der Waals surface area contributed by atoms with E-state index in [9.17, 15) is 0 Å². The highest BCUT2D eigenvalue weighted by Crippen LogP contribution is 2.47. The number of likely N-dealkylation sites (N-methyl/N-ethyl adjacent to an activating group) is 1. The largest absolute Gasteiger partial charge is 0.483 e. The molecule has 1 fully saturated rings. The van der Waals surface area contributed by atoms with Crippen molar-refractivity contribution in [1.29, 1.82) is 0 Å². The topological polar surface area (TPSA) is 12.5 Å². The number of hydrogen-bond acceptors (Lipinski definition) is 2. The van der Waals surface area contributed by atoms with Crippen molar-refractivity contribution in [3.05, 3.63) is 24.3 Å². The van der Waals surface area contributed by atoms with Crippen molar-refractivity contribution in [2.45, 2.75) is 25.4 Å². The van der Waals surface area contributed by atoms with Gasteiger partial charge in [-0.05, 0) is 31.9 Å². The van der Waals surface area contributed by atoms with Gasteiger partial charge in [0.1, 0.15) is 11.4 Å². The number of fused-ring (bicyclic) bond motifs is 1. The molecule has 1 aliphatic carbocycles. The normalized spacial score (nSPS) is 21.6. The van der Waals surface area contributed by atoms with E-state index in [1.807, 2.05) is 6.07 Å². The average Bonchev–Trinajstić information content (AvgIpc) is 2.96. The SMILES string of the molecule is CCN1CC2(CC2)Oc2ccccc21. The summed E-state index contributed by atoms with van der Waals surface area (Å²) in [6, 6.07) is 8.36. The molecule has 0 unspecified atom stereocenters. The summed E-state index contributed by atoms with van der Waals surface area (Å²) in [7, 11) is 0. The Hall–Kier alpha value is -1.18. The third kappa shape index (κ3) is 1.10. The maximum absolute atomic E-state index is 6.02. The Bertz CT molecular complexity index is 357. The Morgan fingerprint density at radius 3 is 2.86 bits per heavy atom. The molecule has 1 spiro atoms. The van der Waals surface area contributed by atoms with E-state index in [0.717, 1.165) is 18.8 Å². The first kappa shape index (κ1) is 8.16. The molecule has 1 aromatic rings. The van der Waals surface area contributed by atoms with Gasteiger partial charge in [-0.25, -0.2) is 0 Å². The van der Waals surface area contributed by atoms with Crippen LogP contribution in [0.4, 0.5) is 5.69 Å². The summed E-state index contributed by atoms with van der Waals surface area (Å²) < 4.78 is 6.02. The van der Waals surface area contributed by atoms with Crippen LogP contribution in [0.15, 0.2) is 24.3 Å². The fourth-order valence-corrected chi connectivity index (χ4v) is 2.18. The van der Waals surface area contributed by atoms with E-state index in [0.29, 0.717) is 0 Å². The molecule has 1 saturated carbocycles. The number of para-hydroxylation sites is 2. The zero-order valence-corrected chi connectivity index (χ0v) is 8.49. The van der Waals surface area contributed by atoms with Crippen molar-refractivity contribution >= 4 is 5.69 Å². The van der Waals surface area contributed by atoms with E-state index >= 15 is 0 Å². The zero-order valence-electron chi connectivity index (χ0n) is 8.49. The van der Waals surface area contributed by atoms with Crippen molar-refractivity contribution in [3.63, 3.8) is 0 Å². The summed E-state index contributed by atoms with van der Waals surface area (Å²) >= 11 is 0. The molecule has 0 atom stereocenters. The highest BCUT2D eigenvalue weighted by Gasteiger charge is 2.49. The molecule has 2 heteroatoms. The Balaban J connectivity index is 2.02. The summed E-state index contributed by atoms with van der Waals surface area (Å²) in [6.07, 6.45) is 2.44. The van der Waals surface area contributed by atoms with E-state index < -0.39 is 0 Å². The second-order valence-corrected chi connectivity index (χ2v) is 4.27. The molecule has 1 aromatic carbocycles. The van der Waals surface area contributed by atoms with E-state index in [1.54, 1.807) is 0 Å². The average molecular weight is 189 g/mol. The quantitative estimate of drug-likeness (QED) is 0.672. The third-order valence-electron chi connectivity index (χ3n) is 3.20. The van der Waals surface area contributed by atoms with Gasteiger partial charge in [-0.2, -0.15) is 0 Å². The zero-order chi connectivity index (χ0) is 9.60. The monoisotopic (exact) mass is 189 g/mol. The van der Waals surface area contributed by atoms with Crippen LogP contribution in [-0.4, -0.2) is 18.7 Å². The number of rotatable bonds is 1. The Kier molecular flexibility index (Phi) is 1.55. The van der Waals surface area contributed by atoms with Crippen LogP contribution in [0.25, 0.3) is 0 Å². The van der Waals surface area contributed by atoms with E-state index in [2.05, 4.69) is 30.0 Å². The van der Waals surface area contributed by atoms with Gasteiger partial charge in [-0.3, -0.25) is 0 Å². The molecule has 2 aliphatic rings. The van der Waals surface area contributed by atoms with Crippen molar-refractivity contribution < 1.29 is 4.74 Å². The van der Waals surface area contributed by atoms with Gasteiger partial charge < -0.3 is 9.64 Å². The van der Waals surface area contributed by atoms with E-state index in [1.165, 1.54) is 18.5 Å². The maximum Gasteiger partial charge on any atom is 0.143 e. The lowest BCUT2D eigenvalue weighted by Gasteiger charge is -2.36. The van der Waals surface area contributed by atoms with Gasteiger partial charge in [0.15, 0.2) is 0 Å². The molecule has 2 nitrogen and oxygen atoms in total. The van der Waals surface area contributed by atoms with Gasteiger partial charge in [0.2, 0.25) is 0 Å². The second-order valence-electron chi connectivity index (χ2n) is 4.27. The molecule has 3 rings (SSSR count). The fourth-order valence-electron chi connectivity index (χ4n) is 2.18. The van der Waals surface area contributed by atoms with Gasteiger partial charge in [0.05, 0.1) is 12.2 Å². The van der Waals surface area contributed by atoms with Crippen LogP contribution >= 0.6 is 0 Å². The molecule has 0 amide bonds. The van der Waals surface area contributed by atoms with Gasteiger partial charge >= 0.3 is 0 Å². The summed E-state index contributed by atoms with van der Waals surface area (Å²) in [5.41, 5.74) is 1.43. The van der Waals surface area contributed by atoms with Gasteiger partial charge in [0, 0.05) is 6.54 Å². The van der Waals surface area contributed by atoms with Gasteiger partial charge in [-0.15, -0.1) is 0 Å². The lowest BCUT2D eigenvalue weighted by atomic mass is 10.2. The lowest BCUT2D eigenvalue weighted by molar-refractivity contribution is 0.172. The van der Waals surface area contributed by atoms with Crippen molar-refractivity contribution in [3.8, 4) is 5.75 Å². The molecule has 0 bridgehead atoms. The number of benzene rings is 1. The number of hydrogen-bond donors (Lipinski definition) is 0. The fraction of sp³-hybridized carbons (Fsp3) is 0.500. The molecule has 1 aliphatic heterocycles. The molecule has 0 radical (unpaired) electrons. The third-order valence-corrected chi connectivity index (χ3v) is 3.20. The predicted molar refractivity (Wildman–Crippen MR) is 56.9 cm³/mol. The number of anilines is 1. The molecule has 1 heterocycles. The van der Waals surface area contributed by atoms with Crippen molar-refractivity contribution in [2.75, 3.05) is 18.0 Å². The minimum atomic E-state index is 0.171. The molecule has 14 heavy (non-hydrogen) atoms. The first-order valence-electron chi connectivity index (χ1n) is 5.36. The number of nitrogens with zero attached hydrogens (tertiary/aromatic N) is 1. The van der Waals surface area contributed by atoms with Crippen LogP contribution in [0.5, 0.6) is 5.75 Å². The van der Waals surface area contributed by atoms with Crippen molar-refractivity contribution in [1.82, 2.24) is 0 Å². The Morgan fingerprint density at radius 1 is 1.36 bits per heavy atom. The molecule has 0 N–H and O–H groups in total. The Labute approximate surface area is 84.5 Å². The molecule has 0 aromatic heterocycles. The summed E-state index contributed by atoms with van der Waals surface area (Å²) in [5, 5.41) is 0. The van der Waals surface area contributed by atoms with Crippen LogP contribution in [-0.2, 0) is 0 Å². The molecular formula is C12H15NO. The second kappa shape index (κ2) is 2.66. The van der Waals surface area contributed by atoms with Crippen LogP contribution in [0, 0.1) is 0 Å². The minimum absolute atomic E-state index is 0.171. The Morgan fingerprint density at radius 2 is 2.14 bits per heavy atom. The van der Waals surface area contributed by atoms with Crippen LogP contribution in [0.2, 0.25) is 0 Å². The van der Waals surface area contributed by atoms with E-state index in [-0.39, 0.29) is 5.60 Å². The van der Waals surface area contributed by atoms with Crippen LogP contribution in [0.3, 0.4) is 0 Å².